The quantitative estimate of drug-likeness (QED) is 0.450. The number of rotatable bonds is 8. The van der Waals surface area contributed by atoms with Gasteiger partial charge in [0.2, 0.25) is 11.8 Å². The van der Waals surface area contributed by atoms with E-state index >= 15 is 0 Å². The zero-order valence-electron chi connectivity index (χ0n) is 22.9. The molecule has 0 saturated carbocycles. The Morgan fingerprint density at radius 3 is 1.43 bits per heavy atom. The van der Waals surface area contributed by atoms with E-state index in [4.69, 9.17) is 9.47 Å². The maximum absolute atomic E-state index is 12.7. The minimum absolute atomic E-state index is 0.220. The Bertz CT molecular complexity index is 1130. The molecule has 2 saturated heterocycles. The van der Waals surface area contributed by atoms with Crippen LogP contribution in [0, 0.1) is 0 Å². The second-order valence-electron chi connectivity index (χ2n) is 9.66. The minimum atomic E-state index is -0.527. The van der Waals surface area contributed by atoms with Gasteiger partial charge in [-0.1, -0.05) is 36.4 Å². The van der Waals surface area contributed by atoms with Gasteiger partial charge in [0.05, 0.1) is 13.2 Å². The number of likely N-dealkylation sites (tertiary alicyclic amines) is 2. The number of ether oxygens (including phenoxy) is 2. The molecule has 40 heavy (non-hydrogen) atoms. The standard InChI is InChI=1S/C30H36N4O6/c1-3-39-29(37)33-19-5-7-25(33)27(35)31-23-15-11-21(12-16-23)9-10-22-13-17-24(18-14-22)32-28(36)26-8-6-20-34(26)30(38)40-4-2/h9-18,25-26H,3-8,19-20H2,1-2H3,(H,31,35)(H,32,36)/b10-9+/t25-,26-/m0/s1. The summed E-state index contributed by atoms with van der Waals surface area (Å²) in [6.07, 6.45) is 5.76. The number of anilines is 2. The first-order chi connectivity index (χ1) is 19.4. The Balaban J connectivity index is 1.29. The fourth-order valence-electron chi connectivity index (χ4n) is 4.93. The number of hydrogen-bond acceptors (Lipinski definition) is 6. The van der Waals surface area contributed by atoms with Crippen LogP contribution in [0.2, 0.25) is 0 Å². The van der Waals surface area contributed by atoms with Crippen LogP contribution in [-0.4, -0.2) is 72.2 Å². The summed E-state index contributed by atoms with van der Waals surface area (Å²) in [5.41, 5.74) is 3.21. The van der Waals surface area contributed by atoms with Gasteiger partial charge in [0, 0.05) is 24.5 Å². The summed E-state index contributed by atoms with van der Waals surface area (Å²) in [4.78, 5) is 52.7. The van der Waals surface area contributed by atoms with Gasteiger partial charge >= 0.3 is 12.2 Å². The summed E-state index contributed by atoms with van der Waals surface area (Å²) in [6, 6.07) is 13.8. The smallest absolute Gasteiger partial charge is 0.410 e. The third-order valence-corrected chi connectivity index (χ3v) is 6.94. The van der Waals surface area contributed by atoms with Crippen LogP contribution in [0.3, 0.4) is 0 Å². The average molecular weight is 549 g/mol. The van der Waals surface area contributed by atoms with Crippen molar-refractivity contribution in [1.29, 1.82) is 0 Å². The van der Waals surface area contributed by atoms with Gasteiger partial charge in [0.1, 0.15) is 12.1 Å². The van der Waals surface area contributed by atoms with Gasteiger partial charge in [0.25, 0.3) is 0 Å². The molecule has 0 spiro atoms. The molecule has 10 heteroatoms. The van der Waals surface area contributed by atoms with Crippen LogP contribution in [0.5, 0.6) is 0 Å². The van der Waals surface area contributed by atoms with E-state index in [9.17, 15) is 19.2 Å². The van der Waals surface area contributed by atoms with Crippen molar-refractivity contribution >= 4 is 47.5 Å². The summed E-state index contributed by atoms with van der Waals surface area (Å²) < 4.78 is 10.1. The Morgan fingerprint density at radius 2 is 1.07 bits per heavy atom. The SMILES string of the molecule is CCOC(=O)N1CCC[C@H]1C(=O)Nc1ccc(/C=C/c2ccc(NC(=O)[C@@H]3CCCN3C(=O)OCC)cc2)cc1. The van der Waals surface area contributed by atoms with Gasteiger partial charge in [-0.15, -0.1) is 0 Å². The average Bonchev–Trinajstić information content (AvgIpc) is 3.64. The molecule has 4 amide bonds. The maximum Gasteiger partial charge on any atom is 0.410 e. The lowest BCUT2D eigenvalue weighted by atomic mass is 10.1. The predicted octanol–water partition coefficient (Wildman–Crippen LogP) is 4.98. The Morgan fingerprint density at radius 1 is 0.700 bits per heavy atom. The second kappa shape index (κ2) is 13.6. The number of nitrogens with one attached hydrogen (secondary N) is 2. The summed E-state index contributed by atoms with van der Waals surface area (Å²) in [5.74, 6) is -0.440. The molecule has 2 aromatic rings. The molecule has 2 aliphatic heterocycles. The molecule has 0 aliphatic carbocycles. The third-order valence-electron chi connectivity index (χ3n) is 6.94. The predicted molar refractivity (Wildman–Crippen MR) is 153 cm³/mol. The van der Waals surface area contributed by atoms with Crippen LogP contribution < -0.4 is 10.6 Å². The van der Waals surface area contributed by atoms with Crippen molar-refractivity contribution in [3.63, 3.8) is 0 Å². The van der Waals surface area contributed by atoms with Crippen molar-refractivity contribution in [3.8, 4) is 0 Å². The fraction of sp³-hybridized carbons (Fsp3) is 0.400. The number of carbonyl (C=O) groups excluding carboxylic acids is 4. The summed E-state index contributed by atoms with van der Waals surface area (Å²) >= 11 is 0. The van der Waals surface area contributed by atoms with Crippen LogP contribution in [0.15, 0.2) is 48.5 Å². The summed E-state index contributed by atoms with van der Waals surface area (Å²) in [5, 5.41) is 5.79. The van der Waals surface area contributed by atoms with E-state index in [0.717, 1.165) is 24.0 Å². The molecule has 2 fully saturated rings. The largest absolute Gasteiger partial charge is 0.450 e. The van der Waals surface area contributed by atoms with Gasteiger partial charge in [-0.25, -0.2) is 9.59 Å². The number of carbonyl (C=O) groups is 4. The lowest BCUT2D eigenvalue weighted by Crippen LogP contribution is -2.43. The molecule has 0 unspecified atom stereocenters. The summed E-state index contributed by atoms with van der Waals surface area (Å²) in [6.45, 7) is 5.07. The minimum Gasteiger partial charge on any atom is -0.450 e. The van der Waals surface area contributed by atoms with Gasteiger partial charge in [-0.05, 0) is 74.9 Å². The first-order valence-corrected chi connectivity index (χ1v) is 13.8. The first-order valence-electron chi connectivity index (χ1n) is 13.8. The van der Waals surface area contributed by atoms with Crippen LogP contribution in [0.1, 0.15) is 50.7 Å². The van der Waals surface area contributed by atoms with Gasteiger partial charge in [-0.3, -0.25) is 19.4 Å². The molecular formula is C30H36N4O6. The lowest BCUT2D eigenvalue weighted by Gasteiger charge is -2.23. The Hall–Kier alpha value is -4.34. The van der Waals surface area contributed by atoms with Crippen molar-refractivity contribution in [1.82, 2.24) is 9.80 Å². The second-order valence-corrected chi connectivity index (χ2v) is 9.66. The van der Waals surface area contributed by atoms with Crippen LogP contribution in [-0.2, 0) is 19.1 Å². The van der Waals surface area contributed by atoms with E-state index < -0.39 is 24.3 Å². The first kappa shape index (κ1) is 28.7. The number of amides is 4. The molecule has 4 rings (SSSR count). The van der Waals surface area contributed by atoms with E-state index in [0.29, 0.717) is 37.3 Å². The molecule has 212 valence electrons. The van der Waals surface area contributed by atoms with Crippen LogP contribution in [0.25, 0.3) is 12.2 Å². The molecular weight excluding hydrogens is 512 g/mol. The number of hydrogen-bond donors (Lipinski definition) is 2. The number of benzene rings is 2. The van der Waals surface area contributed by atoms with Crippen molar-refractivity contribution < 1.29 is 28.7 Å². The van der Waals surface area contributed by atoms with E-state index in [1.54, 1.807) is 13.8 Å². The molecule has 2 heterocycles. The molecule has 0 radical (unpaired) electrons. The zero-order chi connectivity index (χ0) is 28.5. The third kappa shape index (κ3) is 7.19. The van der Waals surface area contributed by atoms with Crippen LogP contribution >= 0.6 is 0 Å². The van der Waals surface area contributed by atoms with Crippen molar-refractivity contribution in [2.45, 2.75) is 51.6 Å². The van der Waals surface area contributed by atoms with E-state index in [-0.39, 0.29) is 25.0 Å². The molecule has 0 aromatic heterocycles. The van der Waals surface area contributed by atoms with Crippen LogP contribution in [0.4, 0.5) is 21.0 Å². The Kier molecular flexibility index (Phi) is 9.77. The number of nitrogens with zero attached hydrogens (tertiary/aromatic N) is 2. The molecule has 10 nitrogen and oxygen atoms in total. The van der Waals surface area contributed by atoms with E-state index in [2.05, 4.69) is 10.6 Å². The zero-order valence-corrected chi connectivity index (χ0v) is 22.9. The topological polar surface area (TPSA) is 117 Å². The summed E-state index contributed by atoms with van der Waals surface area (Å²) in [7, 11) is 0. The molecule has 2 atom stereocenters. The molecule has 2 aliphatic rings. The van der Waals surface area contributed by atoms with Crippen molar-refractivity contribution in [2.75, 3.05) is 36.9 Å². The highest BCUT2D eigenvalue weighted by Crippen LogP contribution is 2.22. The van der Waals surface area contributed by atoms with E-state index in [1.807, 2.05) is 60.7 Å². The van der Waals surface area contributed by atoms with Crippen molar-refractivity contribution in [2.24, 2.45) is 0 Å². The lowest BCUT2D eigenvalue weighted by molar-refractivity contribution is -0.120. The molecule has 0 bridgehead atoms. The molecule has 2 N–H and O–H groups in total. The van der Waals surface area contributed by atoms with Gasteiger partial charge in [0.15, 0.2) is 0 Å². The van der Waals surface area contributed by atoms with Gasteiger partial charge < -0.3 is 20.1 Å². The monoisotopic (exact) mass is 548 g/mol. The highest BCUT2D eigenvalue weighted by molar-refractivity contribution is 5.97. The highest BCUT2D eigenvalue weighted by atomic mass is 16.6. The van der Waals surface area contributed by atoms with Crippen molar-refractivity contribution in [3.05, 3.63) is 59.7 Å². The Labute approximate surface area is 234 Å². The molecule has 2 aromatic carbocycles. The van der Waals surface area contributed by atoms with E-state index in [1.165, 1.54) is 9.80 Å². The highest BCUT2D eigenvalue weighted by Gasteiger charge is 2.36. The normalized spacial score (nSPS) is 18.6. The fourth-order valence-corrected chi connectivity index (χ4v) is 4.93. The maximum atomic E-state index is 12.7. The van der Waals surface area contributed by atoms with Gasteiger partial charge in [-0.2, -0.15) is 0 Å².